The molecule has 60 valence electrons. The van der Waals surface area contributed by atoms with Gasteiger partial charge >= 0.3 is 0 Å². The minimum Gasteiger partial charge on any atom is -0.302 e. The van der Waals surface area contributed by atoms with Crippen LogP contribution in [-0.2, 0) is 0 Å². The largest absolute Gasteiger partial charge is 0.302 e. The molecule has 1 nitrogen and oxygen atoms in total. The van der Waals surface area contributed by atoms with Crippen molar-refractivity contribution in [2.75, 3.05) is 20.1 Å². The molecule has 0 aromatic heterocycles. The Balaban J connectivity index is 3.33. The molecule has 0 amide bonds. The minimum absolute atomic E-state index is 0.543. The molecule has 3 heteroatoms. The Bertz CT molecular complexity index is 104. The molecule has 0 N–H and O–H groups in total. The summed E-state index contributed by atoms with van der Waals surface area (Å²) in [6.07, 6.45) is 1.93. The summed E-state index contributed by atoms with van der Waals surface area (Å²) in [6.45, 7) is 4.08. The lowest BCUT2D eigenvalue weighted by Crippen LogP contribution is -2.24. The highest BCUT2D eigenvalue weighted by Crippen LogP contribution is 1.99. The third-order valence-electron chi connectivity index (χ3n) is 1.07. The first kappa shape index (κ1) is 10.5. The van der Waals surface area contributed by atoms with Gasteiger partial charge in [0, 0.05) is 23.5 Å². The Kier molecular flexibility index (Phi) is 6.49. The van der Waals surface area contributed by atoms with Crippen LogP contribution in [0.15, 0.2) is 11.6 Å². The van der Waals surface area contributed by atoms with Crippen molar-refractivity contribution in [3.05, 3.63) is 11.6 Å². The Hall–Kier alpha value is 0.470. The van der Waals surface area contributed by atoms with Crippen molar-refractivity contribution < 1.29 is 0 Å². The molecule has 0 bridgehead atoms. The maximum absolute atomic E-state index is 5.36. The average Bonchev–Trinajstić information content (AvgIpc) is 1.82. The first-order chi connectivity index (χ1) is 4.66. The quantitative estimate of drug-likeness (QED) is 0.666. The fourth-order valence-electron chi connectivity index (χ4n) is 0.724. The molecule has 10 heavy (non-hydrogen) atoms. The Labute approximate surface area is 76.2 Å². The second-order valence-corrected chi connectivity index (χ2v) is 4.18. The van der Waals surface area contributed by atoms with Gasteiger partial charge in [0.25, 0.3) is 0 Å². The Morgan fingerprint density at radius 2 is 2.30 bits per heavy atom. The van der Waals surface area contributed by atoms with Crippen LogP contribution in [0.25, 0.3) is 0 Å². The summed E-state index contributed by atoms with van der Waals surface area (Å²) in [6, 6.07) is 0. The van der Waals surface area contributed by atoms with E-state index in [0.29, 0.717) is 4.83 Å². The number of likely N-dealkylation sites (N-methyl/N-ethyl adjacent to an activating group) is 1. The van der Waals surface area contributed by atoms with Gasteiger partial charge in [-0.3, -0.25) is 0 Å². The van der Waals surface area contributed by atoms with Crippen LogP contribution in [0.2, 0.25) is 0 Å². The molecule has 0 aromatic carbocycles. The molecule has 1 atom stereocenters. The highest BCUT2D eigenvalue weighted by Gasteiger charge is 1.98. The normalized spacial score (nSPS) is 14.9. The predicted molar refractivity (Wildman–Crippen MR) is 50.9 cm³/mol. The molecule has 0 saturated heterocycles. The molecule has 0 aliphatic rings. The van der Waals surface area contributed by atoms with Crippen molar-refractivity contribution in [1.29, 1.82) is 0 Å². The lowest BCUT2D eigenvalue weighted by Gasteiger charge is -2.15. The van der Waals surface area contributed by atoms with E-state index in [0.717, 1.165) is 13.1 Å². The van der Waals surface area contributed by atoms with Crippen molar-refractivity contribution in [2.24, 2.45) is 0 Å². The summed E-state index contributed by atoms with van der Waals surface area (Å²) in [5, 5.41) is 0. The van der Waals surface area contributed by atoms with Gasteiger partial charge in [-0.2, -0.15) is 0 Å². The Morgan fingerprint density at radius 3 is 2.70 bits per heavy atom. The number of hydrogen-bond donors (Lipinski definition) is 0. The van der Waals surface area contributed by atoms with Crippen LogP contribution in [0.1, 0.15) is 6.92 Å². The molecule has 0 spiro atoms. The number of halogens is 2. The molecule has 0 fully saturated rings. The fourth-order valence-corrected chi connectivity index (χ4v) is 1.30. The summed E-state index contributed by atoms with van der Waals surface area (Å²) in [7, 11) is 2.06. The number of rotatable bonds is 4. The molecule has 0 radical (unpaired) electrons. The monoisotopic (exact) mass is 225 g/mol. The molecule has 0 rings (SSSR count). The molecule has 0 aliphatic carbocycles. The van der Waals surface area contributed by atoms with Crippen LogP contribution < -0.4 is 0 Å². The van der Waals surface area contributed by atoms with Gasteiger partial charge in [0.05, 0.1) is 0 Å². The maximum atomic E-state index is 5.36. The fraction of sp³-hybridized carbons (Fsp3) is 0.714. The van der Waals surface area contributed by atoms with Crippen LogP contribution in [0.4, 0.5) is 0 Å². The van der Waals surface area contributed by atoms with Gasteiger partial charge in [-0.05, 0) is 7.05 Å². The van der Waals surface area contributed by atoms with Gasteiger partial charge in [-0.15, -0.1) is 0 Å². The number of hydrogen-bond acceptors (Lipinski definition) is 1. The summed E-state index contributed by atoms with van der Waals surface area (Å²) >= 11 is 8.83. The van der Waals surface area contributed by atoms with Crippen molar-refractivity contribution in [1.82, 2.24) is 4.90 Å². The molecule has 1 unspecified atom stereocenters. The van der Waals surface area contributed by atoms with Crippen LogP contribution in [-0.4, -0.2) is 29.9 Å². The third-order valence-corrected chi connectivity index (χ3v) is 1.54. The van der Waals surface area contributed by atoms with Crippen molar-refractivity contribution >= 4 is 27.5 Å². The summed E-state index contributed by atoms with van der Waals surface area (Å²) in [5.74, 6) is 0. The predicted octanol–water partition coefficient (Wildman–Crippen LogP) is 2.45. The second-order valence-electron chi connectivity index (χ2n) is 2.36. The SMILES string of the molecule is CC(Br)CN(C)C/C=C/Cl. The van der Waals surface area contributed by atoms with E-state index in [-0.39, 0.29) is 0 Å². The second kappa shape index (κ2) is 6.20. The van der Waals surface area contributed by atoms with E-state index in [1.165, 1.54) is 0 Å². The smallest absolute Gasteiger partial charge is 0.0244 e. The van der Waals surface area contributed by atoms with Crippen LogP contribution in [0.5, 0.6) is 0 Å². The van der Waals surface area contributed by atoms with E-state index in [9.17, 15) is 0 Å². The van der Waals surface area contributed by atoms with Crippen LogP contribution >= 0.6 is 27.5 Å². The zero-order valence-electron chi connectivity index (χ0n) is 6.35. The molecule has 0 heterocycles. The van der Waals surface area contributed by atoms with E-state index < -0.39 is 0 Å². The van der Waals surface area contributed by atoms with Gasteiger partial charge in [0.15, 0.2) is 0 Å². The average molecular weight is 227 g/mol. The van der Waals surface area contributed by atoms with Crippen molar-refractivity contribution in [3.63, 3.8) is 0 Å². The first-order valence-corrected chi connectivity index (χ1v) is 4.60. The van der Waals surface area contributed by atoms with Crippen LogP contribution in [0.3, 0.4) is 0 Å². The molecule has 0 aliphatic heterocycles. The van der Waals surface area contributed by atoms with Crippen LogP contribution in [0, 0.1) is 0 Å². The highest BCUT2D eigenvalue weighted by molar-refractivity contribution is 9.09. The van der Waals surface area contributed by atoms with Gasteiger partial charge < -0.3 is 4.90 Å². The lowest BCUT2D eigenvalue weighted by atomic mass is 10.4. The van der Waals surface area contributed by atoms with E-state index in [4.69, 9.17) is 11.6 Å². The van der Waals surface area contributed by atoms with Crippen molar-refractivity contribution in [3.8, 4) is 0 Å². The highest BCUT2D eigenvalue weighted by atomic mass is 79.9. The zero-order chi connectivity index (χ0) is 7.98. The van der Waals surface area contributed by atoms with E-state index in [1.54, 1.807) is 5.54 Å². The van der Waals surface area contributed by atoms with Gasteiger partial charge in [-0.1, -0.05) is 40.5 Å². The molecular formula is C7H13BrClN. The molecule has 0 saturated carbocycles. The summed E-state index contributed by atoms with van der Waals surface area (Å²) in [5.41, 5.74) is 1.55. The number of nitrogens with zero attached hydrogens (tertiary/aromatic N) is 1. The lowest BCUT2D eigenvalue weighted by molar-refractivity contribution is 0.377. The van der Waals surface area contributed by atoms with Gasteiger partial charge in [0.2, 0.25) is 0 Å². The van der Waals surface area contributed by atoms with E-state index >= 15 is 0 Å². The standard InChI is InChI=1S/C7H13BrClN/c1-7(8)6-10(2)5-3-4-9/h3-4,7H,5-6H2,1-2H3/b4-3+. The summed E-state index contributed by atoms with van der Waals surface area (Å²) in [4.78, 5) is 2.74. The van der Waals surface area contributed by atoms with Gasteiger partial charge in [0.1, 0.15) is 0 Å². The zero-order valence-corrected chi connectivity index (χ0v) is 8.69. The minimum atomic E-state index is 0.543. The maximum Gasteiger partial charge on any atom is 0.0244 e. The van der Waals surface area contributed by atoms with E-state index in [2.05, 4.69) is 34.8 Å². The third kappa shape index (κ3) is 6.59. The summed E-state index contributed by atoms with van der Waals surface area (Å²) < 4.78 is 0. The van der Waals surface area contributed by atoms with Crippen molar-refractivity contribution in [2.45, 2.75) is 11.8 Å². The first-order valence-electron chi connectivity index (χ1n) is 3.24. The topological polar surface area (TPSA) is 3.24 Å². The molecule has 0 aromatic rings. The Morgan fingerprint density at radius 1 is 1.70 bits per heavy atom. The molecular weight excluding hydrogens is 213 g/mol. The van der Waals surface area contributed by atoms with Gasteiger partial charge in [-0.25, -0.2) is 0 Å². The number of alkyl halides is 1. The van der Waals surface area contributed by atoms with E-state index in [1.807, 2.05) is 6.08 Å².